The van der Waals surface area contributed by atoms with Gasteiger partial charge in [-0.1, -0.05) is 61.5 Å². The number of benzene rings is 3. The van der Waals surface area contributed by atoms with E-state index in [1.807, 2.05) is 0 Å². The van der Waals surface area contributed by atoms with Gasteiger partial charge in [0.25, 0.3) is 0 Å². The molecule has 0 radical (unpaired) electrons. The molecule has 0 aliphatic rings. The summed E-state index contributed by atoms with van der Waals surface area (Å²) in [6.45, 7) is 4.56. The number of aryl methyl sites for hydroxylation is 1. The lowest BCUT2D eigenvalue weighted by atomic mass is 10.2. The minimum atomic E-state index is -1.59. The van der Waals surface area contributed by atoms with E-state index in [-0.39, 0.29) is 0 Å². The highest BCUT2D eigenvalue weighted by molar-refractivity contribution is 7.95. The van der Waals surface area contributed by atoms with Crippen molar-refractivity contribution in [1.82, 2.24) is 0 Å². The van der Waals surface area contributed by atoms with E-state index in [9.17, 15) is 0 Å². The van der Waals surface area contributed by atoms with E-state index in [1.165, 1.54) is 34.1 Å². The average Bonchev–Trinajstić information content (AvgIpc) is 2.62. The maximum atomic E-state index is 2.35. The van der Waals surface area contributed by atoms with Crippen molar-refractivity contribution >= 4 is 23.2 Å². The topological polar surface area (TPSA) is 0 Å². The summed E-state index contributed by atoms with van der Waals surface area (Å²) >= 11 is 0. The molecule has 3 aromatic rings. The zero-order valence-corrected chi connectivity index (χ0v) is 14.8. The van der Waals surface area contributed by atoms with Gasteiger partial charge in [-0.3, -0.25) is 0 Å². The van der Waals surface area contributed by atoms with Crippen LogP contribution < -0.4 is 15.9 Å². The fourth-order valence-electron chi connectivity index (χ4n) is 3.50. The van der Waals surface area contributed by atoms with Crippen LogP contribution in [0.1, 0.15) is 18.9 Å². The van der Waals surface area contributed by atoms with Crippen LogP contribution >= 0.6 is 7.26 Å². The number of rotatable bonds is 5. The largest absolute Gasteiger partial charge is 0.112 e. The molecule has 116 valence electrons. The molecule has 0 spiro atoms. The van der Waals surface area contributed by atoms with Crippen LogP contribution in [0, 0.1) is 6.92 Å². The van der Waals surface area contributed by atoms with Gasteiger partial charge in [0.1, 0.15) is 23.2 Å². The molecule has 0 saturated heterocycles. The van der Waals surface area contributed by atoms with Crippen molar-refractivity contribution < 1.29 is 0 Å². The summed E-state index contributed by atoms with van der Waals surface area (Å²) < 4.78 is 0. The summed E-state index contributed by atoms with van der Waals surface area (Å²) in [6.07, 6.45) is 2.40. The minimum absolute atomic E-state index is 1.19. The second kappa shape index (κ2) is 7.11. The maximum Gasteiger partial charge on any atom is 0.112 e. The zero-order valence-electron chi connectivity index (χ0n) is 13.9. The Hall–Kier alpha value is -1.91. The quantitative estimate of drug-likeness (QED) is 0.598. The van der Waals surface area contributed by atoms with Crippen LogP contribution in [0.25, 0.3) is 0 Å². The van der Waals surface area contributed by atoms with Crippen LogP contribution in [0.5, 0.6) is 0 Å². The summed E-state index contributed by atoms with van der Waals surface area (Å²) in [6, 6.07) is 31.2. The van der Waals surface area contributed by atoms with Crippen LogP contribution in [0.4, 0.5) is 0 Å². The van der Waals surface area contributed by atoms with E-state index < -0.39 is 7.26 Å². The van der Waals surface area contributed by atoms with Crippen LogP contribution in [0.3, 0.4) is 0 Å². The smallest absolute Gasteiger partial charge is 0.0620 e. The molecule has 0 saturated carbocycles. The lowest BCUT2D eigenvalue weighted by Crippen LogP contribution is -2.34. The average molecular weight is 319 g/mol. The van der Waals surface area contributed by atoms with Crippen molar-refractivity contribution in [3.05, 3.63) is 90.5 Å². The summed E-state index contributed by atoms with van der Waals surface area (Å²) in [5.41, 5.74) is 1.40. The highest BCUT2D eigenvalue weighted by Crippen LogP contribution is 2.56. The first-order valence-electron chi connectivity index (χ1n) is 8.34. The molecule has 1 heteroatoms. The lowest BCUT2D eigenvalue weighted by molar-refractivity contribution is 1.10. The Balaban J connectivity index is 2.34. The van der Waals surface area contributed by atoms with Crippen molar-refractivity contribution in [2.45, 2.75) is 20.3 Å². The normalized spacial score (nSPS) is 11.4. The van der Waals surface area contributed by atoms with Crippen LogP contribution in [-0.2, 0) is 0 Å². The Labute approximate surface area is 140 Å². The van der Waals surface area contributed by atoms with E-state index in [0.717, 1.165) is 0 Å². The molecule has 0 bridgehead atoms. The van der Waals surface area contributed by atoms with Crippen molar-refractivity contribution in [2.75, 3.05) is 6.16 Å². The SMILES string of the molecule is CCC[P+](c1ccccc1)(c1ccccc1)c1ccccc1C. The van der Waals surface area contributed by atoms with Gasteiger partial charge in [0.05, 0.1) is 6.16 Å². The molecule has 3 aromatic carbocycles. The van der Waals surface area contributed by atoms with E-state index >= 15 is 0 Å². The Morgan fingerprint density at radius 2 is 1.13 bits per heavy atom. The second-order valence-electron chi connectivity index (χ2n) is 5.99. The van der Waals surface area contributed by atoms with Crippen LogP contribution in [0.2, 0.25) is 0 Å². The number of hydrogen-bond acceptors (Lipinski definition) is 0. The van der Waals surface area contributed by atoms with E-state index in [0.29, 0.717) is 0 Å². The molecule has 0 fully saturated rings. The van der Waals surface area contributed by atoms with Gasteiger partial charge in [-0.15, -0.1) is 0 Å². The predicted molar refractivity (Wildman–Crippen MR) is 105 cm³/mol. The summed E-state index contributed by atoms with van der Waals surface area (Å²) in [5, 5.41) is 4.50. The van der Waals surface area contributed by atoms with Gasteiger partial charge in [0.2, 0.25) is 0 Å². The molecule has 0 aliphatic carbocycles. The first-order valence-corrected chi connectivity index (χ1v) is 10.3. The molecular formula is C22H24P+. The molecule has 0 N–H and O–H groups in total. The molecule has 0 aliphatic heterocycles. The lowest BCUT2D eigenvalue weighted by Gasteiger charge is -2.28. The van der Waals surface area contributed by atoms with Crippen molar-refractivity contribution in [1.29, 1.82) is 0 Å². The van der Waals surface area contributed by atoms with Gasteiger partial charge in [-0.25, -0.2) is 0 Å². The Bertz CT molecular complexity index is 708. The van der Waals surface area contributed by atoms with E-state index in [1.54, 1.807) is 0 Å². The first-order chi connectivity index (χ1) is 11.3. The summed E-state index contributed by atoms with van der Waals surface area (Å²) in [4.78, 5) is 0. The monoisotopic (exact) mass is 319 g/mol. The standard InChI is InChI=1S/C22H24P/c1-3-18-23(20-13-6-4-7-14-20,21-15-8-5-9-16-21)22-17-11-10-12-19(22)2/h4-17H,3,18H2,1-2H3/q+1. The molecule has 0 atom stereocenters. The van der Waals surface area contributed by atoms with E-state index in [2.05, 4.69) is 98.8 Å². The molecule has 23 heavy (non-hydrogen) atoms. The molecule has 0 amide bonds. The minimum Gasteiger partial charge on any atom is -0.0620 e. The van der Waals surface area contributed by atoms with Crippen molar-refractivity contribution in [3.63, 3.8) is 0 Å². The summed E-state index contributed by atoms with van der Waals surface area (Å²) in [5.74, 6) is 0. The third-order valence-corrected chi connectivity index (χ3v) is 9.28. The highest BCUT2D eigenvalue weighted by Gasteiger charge is 2.45. The fraction of sp³-hybridized carbons (Fsp3) is 0.182. The molecular weight excluding hydrogens is 295 g/mol. The van der Waals surface area contributed by atoms with Crippen molar-refractivity contribution in [3.8, 4) is 0 Å². The fourth-order valence-corrected chi connectivity index (χ4v) is 8.16. The third kappa shape index (κ3) is 2.96. The van der Waals surface area contributed by atoms with Gasteiger partial charge in [-0.2, -0.15) is 0 Å². The molecule has 0 aromatic heterocycles. The van der Waals surface area contributed by atoms with Crippen LogP contribution in [-0.4, -0.2) is 6.16 Å². The Morgan fingerprint density at radius 3 is 1.61 bits per heavy atom. The summed E-state index contributed by atoms with van der Waals surface area (Å²) in [7, 11) is -1.59. The van der Waals surface area contributed by atoms with Crippen molar-refractivity contribution in [2.24, 2.45) is 0 Å². The van der Waals surface area contributed by atoms with E-state index in [4.69, 9.17) is 0 Å². The molecule has 0 nitrogen and oxygen atoms in total. The van der Waals surface area contributed by atoms with Gasteiger partial charge in [0, 0.05) is 0 Å². The Kier molecular flexibility index (Phi) is 4.94. The predicted octanol–water partition coefficient (Wildman–Crippen LogP) is 4.70. The highest BCUT2D eigenvalue weighted by atomic mass is 31.2. The molecule has 3 rings (SSSR count). The second-order valence-corrected chi connectivity index (χ2v) is 9.57. The first kappa shape index (κ1) is 16.0. The van der Waals surface area contributed by atoms with Gasteiger partial charge < -0.3 is 0 Å². The van der Waals surface area contributed by atoms with Gasteiger partial charge in [-0.05, 0) is 49.2 Å². The Morgan fingerprint density at radius 1 is 0.652 bits per heavy atom. The molecule has 0 heterocycles. The molecule has 0 unspecified atom stereocenters. The zero-order chi connectivity index (χ0) is 16.1. The maximum absolute atomic E-state index is 2.35. The number of hydrogen-bond donors (Lipinski definition) is 0. The van der Waals surface area contributed by atoms with Gasteiger partial charge in [0.15, 0.2) is 0 Å². The van der Waals surface area contributed by atoms with Crippen LogP contribution in [0.15, 0.2) is 84.9 Å². The van der Waals surface area contributed by atoms with Gasteiger partial charge >= 0.3 is 0 Å². The third-order valence-electron chi connectivity index (χ3n) is 4.48.